The molecule has 72 valence electrons. The van der Waals surface area contributed by atoms with Gasteiger partial charge in [0.2, 0.25) is 0 Å². The van der Waals surface area contributed by atoms with E-state index in [-0.39, 0.29) is 0 Å². The minimum atomic E-state index is 0.860. The molecule has 0 saturated carbocycles. The number of ether oxygens (including phenoxy) is 1. The average Bonchev–Trinajstić information content (AvgIpc) is 2.85. The fraction of sp³-hybridized carbons (Fsp3) is 0.100. The van der Waals surface area contributed by atoms with E-state index in [1.165, 1.54) is 0 Å². The Labute approximate surface area is 85.6 Å². The van der Waals surface area contributed by atoms with Gasteiger partial charge in [-0.25, -0.2) is 0 Å². The van der Waals surface area contributed by atoms with Crippen molar-refractivity contribution in [2.24, 2.45) is 0 Å². The zero-order valence-electron chi connectivity index (χ0n) is 7.64. The number of nitrogens with zero attached hydrogens (tertiary/aromatic N) is 1. The van der Waals surface area contributed by atoms with Crippen LogP contribution in [0.4, 0.5) is 0 Å². The van der Waals surface area contributed by atoms with Gasteiger partial charge in [0.25, 0.3) is 0 Å². The Kier molecular flexibility index (Phi) is 2.65. The van der Waals surface area contributed by atoms with E-state index >= 15 is 0 Å². The van der Waals surface area contributed by atoms with E-state index in [4.69, 9.17) is 9.26 Å². The van der Waals surface area contributed by atoms with Gasteiger partial charge in [-0.05, 0) is 12.1 Å². The number of methoxy groups -OCH3 is 1. The standard InChI is InChI=1S/C10H9NO2S/c1-12-4-2-9-6-8(7-14-9)10-3-5-13-11-10/h2-7H,1H3. The Bertz CT molecular complexity index is 417. The minimum absolute atomic E-state index is 0.860. The molecule has 3 nitrogen and oxygen atoms in total. The van der Waals surface area contributed by atoms with Gasteiger partial charge in [0.05, 0.1) is 13.4 Å². The van der Waals surface area contributed by atoms with Crippen LogP contribution in [0.1, 0.15) is 4.88 Å². The number of rotatable bonds is 3. The van der Waals surface area contributed by atoms with E-state index in [1.807, 2.05) is 23.6 Å². The SMILES string of the molecule is COC=Cc1cc(-c2ccon2)cs1. The van der Waals surface area contributed by atoms with Crippen LogP contribution < -0.4 is 0 Å². The highest BCUT2D eigenvalue weighted by molar-refractivity contribution is 7.11. The third kappa shape index (κ3) is 1.85. The van der Waals surface area contributed by atoms with Gasteiger partial charge >= 0.3 is 0 Å². The first-order valence-corrected chi connectivity index (χ1v) is 4.97. The molecule has 4 heteroatoms. The van der Waals surface area contributed by atoms with Crippen molar-refractivity contribution < 1.29 is 9.26 Å². The molecular weight excluding hydrogens is 198 g/mol. The zero-order valence-corrected chi connectivity index (χ0v) is 8.45. The molecule has 2 heterocycles. The van der Waals surface area contributed by atoms with Crippen molar-refractivity contribution >= 4 is 17.4 Å². The molecule has 14 heavy (non-hydrogen) atoms. The summed E-state index contributed by atoms with van der Waals surface area (Å²) in [5.41, 5.74) is 1.93. The molecule has 0 atom stereocenters. The number of hydrogen-bond donors (Lipinski definition) is 0. The largest absolute Gasteiger partial charge is 0.504 e. The fourth-order valence-corrected chi connectivity index (χ4v) is 1.85. The third-order valence-corrected chi connectivity index (χ3v) is 2.62. The van der Waals surface area contributed by atoms with Gasteiger partial charge in [-0.15, -0.1) is 11.3 Å². The highest BCUT2D eigenvalue weighted by atomic mass is 32.1. The van der Waals surface area contributed by atoms with E-state index in [2.05, 4.69) is 5.16 Å². The second-order valence-electron chi connectivity index (χ2n) is 2.66. The van der Waals surface area contributed by atoms with Crippen LogP contribution in [-0.4, -0.2) is 12.3 Å². The Balaban J connectivity index is 2.22. The molecule has 0 spiro atoms. The summed E-state index contributed by atoms with van der Waals surface area (Å²) in [5, 5.41) is 5.89. The highest BCUT2D eigenvalue weighted by Gasteiger charge is 2.02. The van der Waals surface area contributed by atoms with Crippen LogP contribution in [-0.2, 0) is 4.74 Å². The van der Waals surface area contributed by atoms with Gasteiger partial charge in [0.15, 0.2) is 0 Å². The second kappa shape index (κ2) is 4.11. The summed E-state index contributed by atoms with van der Waals surface area (Å²) < 4.78 is 9.61. The van der Waals surface area contributed by atoms with Crippen molar-refractivity contribution in [3.63, 3.8) is 0 Å². The monoisotopic (exact) mass is 207 g/mol. The molecule has 2 rings (SSSR count). The van der Waals surface area contributed by atoms with Gasteiger partial charge in [0, 0.05) is 21.9 Å². The first-order chi connectivity index (χ1) is 6.90. The third-order valence-electron chi connectivity index (χ3n) is 1.72. The summed E-state index contributed by atoms with van der Waals surface area (Å²) in [4.78, 5) is 1.13. The summed E-state index contributed by atoms with van der Waals surface area (Å²) in [7, 11) is 1.63. The zero-order chi connectivity index (χ0) is 9.80. The molecule has 0 N–H and O–H groups in total. The van der Waals surface area contributed by atoms with Crippen LogP contribution >= 0.6 is 11.3 Å². The van der Waals surface area contributed by atoms with Crippen LogP contribution in [0.3, 0.4) is 0 Å². The van der Waals surface area contributed by atoms with Crippen LogP contribution in [0, 0.1) is 0 Å². The lowest BCUT2D eigenvalue weighted by Gasteiger charge is -1.85. The van der Waals surface area contributed by atoms with Gasteiger partial charge < -0.3 is 9.26 Å². The van der Waals surface area contributed by atoms with E-state index in [0.717, 1.165) is 16.1 Å². The summed E-state index contributed by atoms with van der Waals surface area (Å²) >= 11 is 1.64. The van der Waals surface area contributed by atoms with E-state index in [0.29, 0.717) is 0 Å². The average molecular weight is 207 g/mol. The number of aromatic nitrogens is 1. The summed E-state index contributed by atoms with van der Waals surface area (Å²) in [6.07, 6.45) is 5.13. The molecule has 0 aliphatic heterocycles. The molecule has 0 bridgehead atoms. The van der Waals surface area contributed by atoms with Crippen LogP contribution in [0.5, 0.6) is 0 Å². The van der Waals surface area contributed by atoms with Gasteiger partial charge in [0.1, 0.15) is 12.0 Å². The van der Waals surface area contributed by atoms with Crippen molar-refractivity contribution in [1.29, 1.82) is 0 Å². The van der Waals surface area contributed by atoms with Crippen molar-refractivity contribution in [2.75, 3.05) is 7.11 Å². The van der Waals surface area contributed by atoms with Crippen LogP contribution in [0.25, 0.3) is 17.3 Å². The molecule has 0 fully saturated rings. The normalized spacial score (nSPS) is 10.9. The smallest absolute Gasteiger partial charge is 0.124 e. The first kappa shape index (κ1) is 9.02. The number of hydrogen-bond acceptors (Lipinski definition) is 4. The molecule has 0 amide bonds. The van der Waals surface area contributed by atoms with Crippen molar-refractivity contribution in [3.05, 3.63) is 34.9 Å². The molecule has 2 aromatic rings. The van der Waals surface area contributed by atoms with Crippen molar-refractivity contribution in [2.45, 2.75) is 0 Å². The molecule has 0 radical (unpaired) electrons. The van der Waals surface area contributed by atoms with E-state index in [1.54, 1.807) is 31.0 Å². The first-order valence-electron chi connectivity index (χ1n) is 4.09. The van der Waals surface area contributed by atoms with Crippen molar-refractivity contribution in [3.8, 4) is 11.3 Å². The van der Waals surface area contributed by atoms with E-state index < -0.39 is 0 Å². The van der Waals surface area contributed by atoms with Gasteiger partial charge in [-0.3, -0.25) is 0 Å². The molecule has 0 aliphatic rings. The summed E-state index contributed by atoms with van der Waals surface area (Å²) in [6, 6.07) is 3.88. The lowest BCUT2D eigenvalue weighted by Crippen LogP contribution is -1.69. The molecule has 0 aromatic carbocycles. The summed E-state index contributed by atoms with van der Waals surface area (Å²) in [6.45, 7) is 0. The Morgan fingerprint density at radius 1 is 1.57 bits per heavy atom. The number of thiophene rings is 1. The maximum atomic E-state index is 4.84. The van der Waals surface area contributed by atoms with Crippen molar-refractivity contribution in [1.82, 2.24) is 5.16 Å². The quantitative estimate of drug-likeness (QED) is 0.726. The Morgan fingerprint density at radius 2 is 2.50 bits per heavy atom. The Morgan fingerprint density at radius 3 is 3.21 bits per heavy atom. The molecule has 0 unspecified atom stereocenters. The highest BCUT2D eigenvalue weighted by Crippen LogP contribution is 2.24. The Hall–Kier alpha value is -1.55. The summed E-state index contributed by atoms with van der Waals surface area (Å²) in [5.74, 6) is 0. The second-order valence-corrected chi connectivity index (χ2v) is 3.60. The minimum Gasteiger partial charge on any atom is -0.504 e. The van der Waals surface area contributed by atoms with Crippen LogP contribution in [0.15, 0.2) is 34.6 Å². The lowest BCUT2D eigenvalue weighted by molar-refractivity contribution is 0.341. The molecule has 0 aliphatic carbocycles. The lowest BCUT2D eigenvalue weighted by atomic mass is 10.2. The molecular formula is C10H9NO2S. The maximum absolute atomic E-state index is 4.84. The maximum Gasteiger partial charge on any atom is 0.124 e. The predicted octanol–water partition coefficient (Wildman–Crippen LogP) is 3.02. The van der Waals surface area contributed by atoms with Crippen LogP contribution in [0.2, 0.25) is 0 Å². The van der Waals surface area contributed by atoms with Gasteiger partial charge in [-0.1, -0.05) is 5.16 Å². The fourth-order valence-electron chi connectivity index (χ4n) is 1.07. The predicted molar refractivity (Wildman–Crippen MR) is 55.9 cm³/mol. The topological polar surface area (TPSA) is 35.3 Å². The molecule has 0 saturated heterocycles. The van der Waals surface area contributed by atoms with E-state index in [9.17, 15) is 0 Å². The molecule has 2 aromatic heterocycles. The van der Waals surface area contributed by atoms with Gasteiger partial charge in [-0.2, -0.15) is 0 Å².